The number of carbonyl (C=O) groups is 1. The van der Waals surface area contributed by atoms with Crippen LogP contribution >= 0.6 is 45.8 Å². The average Bonchev–Trinajstić information content (AvgIpc) is 2.19. The summed E-state index contributed by atoms with van der Waals surface area (Å²) in [7, 11) is 0. The summed E-state index contributed by atoms with van der Waals surface area (Å²) in [5.74, 6) is -0.294. The van der Waals surface area contributed by atoms with Crippen LogP contribution in [0.25, 0.3) is 0 Å². The average molecular weight is 360 g/mol. The number of carbonyl (C=O) groups excluding carboxylic acids is 1. The topological polar surface area (TPSA) is 49.3 Å². The summed E-state index contributed by atoms with van der Waals surface area (Å²) in [5, 5.41) is 12.0. The first kappa shape index (κ1) is 13.0. The monoisotopic (exact) mass is 359 g/mol. The van der Waals surface area contributed by atoms with E-state index >= 15 is 0 Å². The van der Waals surface area contributed by atoms with Gasteiger partial charge in [-0.1, -0.05) is 23.2 Å². The maximum atomic E-state index is 11.6. The molecule has 0 bridgehead atoms. The number of aliphatic hydroxyl groups is 1. The number of halogens is 3. The maximum absolute atomic E-state index is 11.6. The van der Waals surface area contributed by atoms with Gasteiger partial charge < -0.3 is 10.4 Å². The Balaban J connectivity index is 2.98. The molecule has 0 radical (unpaired) electrons. The van der Waals surface area contributed by atoms with Crippen LogP contribution in [0.5, 0.6) is 0 Å². The van der Waals surface area contributed by atoms with Crippen LogP contribution < -0.4 is 5.32 Å². The number of hydrogen-bond acceptors (Lipinski definition) is 2. The summed E-state index contributed by atoms with van der Waals surface area (Å²) in [4.78, 5) is 11.6. The van der Waals surface area contributed by atoms with Crippen molar-refractivity contribution in [1.29, 1.82) is 0 Å². The molecule has 1 aromatic rings. The molecular weight excluding hydrogens is 352 g/mol. The number of rotatable bonds is 3. The van der Waals surface area contributed by atoms with Crippen LogP contribution in [0.2, 0.25) is 10.0 Å². The molecule has 0 fully saturated rings. The molecule has 0 aromatic heterocycles. The Labute approximate surface area is 111 Å². The summed E-state index contributed by atoms with van der Waals surface area (Å²) in [6.07, 6.45) is 0. The van der Waals surface area contributed by atoms with Gasteiger partial charge in [0.25, 0.3) is 5.91 Å². The molecule has 0 saturated heterocycles. The van der Waals surface area contributed by atoms with E-state index in [0.717, 1.165) is 0 Å². The van der Waals surface area contributed by atoms with Crippen LogP contribution in [-0.2, 0) is 0 Å². The van der Waals surface area contributed by atoms with Gasteiger partial charge in [0.1, 0.15) is 0 Å². The van der Waals surface area contributed by atoms with Crippen LogP contribution in [0.15, 0.2) is 12.1 Å². The van der Waals surface area contributed by atoms with E-state index in [1.54, 1.807) is 12.1 Å². The van der Waals surface area contributed by atoms with Gasteiger partial charge in [-0.25, -0.2) is 0 Å². The van der Waals surface area contributed by atoms with Gasteiger partial charge in [-0.05, 0) is 34.7 Å². The lowest BCUT2D eigenvalue weighted by atomic mass is 10.2. The molecule has 3 nitrogen and oxygen atoms in total. The summed E-state index contributed by atoms with van der Waals surface area (Å²) in [5.41, 5.74) is 0.418. The van der Waals surface area contributed by atoms with E-state index < -0.39 is 0 Å². The molecule has 0 aliphatic rings. The predicted molar refractivity (Wildman–Crippen MR) is 68.6 cm³/mol. The second-order valence-electron chi connectivity index (χ2n) is 2.73. The van der Waals surface area contributed by atoms with E-state index in [2.05, 4.69) is 5.32 Å². The zero-order valence-corrected chi connectivity index (χ0v) is 11.2. The zero-order valence-electron chi connectivity index (χ0n) is 7.56. The van der Waals surface area contributed by atoms with Gasteiger partial charge in [0.15, 0.2) is 0 Å². The minimum Gasteiger partial charge on any atom is -0.395 e. The highest BCUT2D eigenvalue weighted by atomic mass is 127. The highest BCUT2D eigenvalue weighted by molar-refractivity contribution is 14.1. The second kappa shape index (κ2) is 5.89. The van der Waals surface area contributed by atoms with Gasteiger partial charge in [0.2, 0.25) is 0 Å². The molecule has 0 heterocycles. The van der Waals surface area contributed by atoms with Crippen LogP contribution in [0, 0.1) is 3.57 Å². The van der Waals surface area contributed by atoms with Crippen molar-refractivity contribution in [2.75, 3.05) is 13.2 Å². The van der Waals surface area contributed by atoms with Crippen LogP contribution in [0.1, 0.15) is 10.4 Å². The third-order valence-electron chi connectivity index (χ3n) is 1.63. The minimum absolute atomic E-state index is 0.101. The number of benzene rings is 1. The first-order valence-electron chi connectivity index (χ1n) is 4.10. The maximum Gasteiger partial charge on any atom is 0.252 e. The highest BCUT2D eigenvalue weighted by Crippen LogP contribution is 2.26. The van der Waals surface area contributed by atoms with Gasteiger partial charge in [-0.15, -0.1) is 0 Å². The smallest absolute Gasteiger partial charge is 0.252 e. The van der Waals surface area contributed by atoms with Gasteiger partial charge in [0, 0.05) is 15.1 Å². The Morgan fingerprint density at radius 3 is 2.73 bits per heavy atom. The lowest BCUT2D eigenvalue weighted by molar-refractivity contribution is 0.0944. The van der Waals surface area contributed by atoms with Crippen molar-refractivity contribution in [1.82, 2.24) is 5.32 Å². The Hall–Kier alpha value is -0.0400. The minimum atomic E-state index is -0.294. The van der Waals surface area contributed by atoms with E-state index in [4.69, 9.17) is 28.3 Å². The summed E-state index contributed by atoms with van der Waals surface area (Å²) in [6, 6.07) is 3.12. The van der Waals surface area contributed by atoms with Gasteiger partial charge >= 0.3 is 0 Å². The van der Waals surface area contributed by atoms with E-state index in [9.17, 15) is 4.79 Å². The lowest BCUT2D eigenvalue weighted by Gasteiger charge is -2.07. The Bertz CT molecular complexity index is 385. The standard InChI is InChI=1S/C9H8Cl2INO2/c10-5-3-6(8(12)7(11)4-5)9(15)13-1-2-14/h3-4,14H,1-2H2,(H,13,15). The number of hydrogen-bond donors (Lipinski definition) is 2. The third-order valence-corrected chi connectivity index (χ3v) is 3.63. The van der Waals surface area contributed by atoms with Crippen molar-refractivity contribution in [3.8, 4) is 0 Å². The Morgan fingerprint density at radius 2 is 2.13 bits per heavy atom. The fraction of sp³-hybridized carbons (Fsp3) is 0.222. The van der Waals surface area contributed by atoms with Crippen LogP contribution in [-0.4, -0.2) is 24.2 Å². The van der Waals surface area contributed by atoms with Gasteiger partial charge in [-0.2, -0.15) is 0 Å². The predicted octanol–water partition coefficient (Wildman–Crippen LogP) is 2.32. The molecular formula is C9H8Cl2INO2. The van der Waals surface area contributed by atoms with Crippen molar-refractivity contribution in [3.05, 3.63) is 31.3 Å². The summed E-state index contributed by atoms with van der Waals surface area (Å²) >= 11 is 13.6. The summed E-state index contributed by atoms with van der Waals surface area (Å²) in [6.45, 7) is 0.107. The van der Waals surface area contributed by atoms with Crippen molar-refractivity contribution in [3.63, 3.8) is 0 Å². The Kier molecular flexibility index (Phi) is 5.11. The molecule has 6 heteroatoms. The molecule has 1 rings (SSSR count). The molecule has 15 heavy (non-hydrogen) atoms. The van der Waals surface area contributed by atoms with E-state index in [0.29, 0.717) is 19.2 Å². The van der Waals surface area contributed by atoms with E-state index in [1.165, 1.54) is 0 Å². The number of nitrogens with one attached hydrogen (secondary N) is 1. The molecule has 0 atom stereocenters. The van der Waals surface area contributed by atoms with Gasteiger partial charge in [-0.3, -0.25) is 4.79 Å². The van der Waals surface area contributed by atoms with Gasteiger partial charge in [0.05, 0.1) is 17.2 Å². The van der Waals surface area contributed by atoms with Crippen molar-refractivity contribution >= 4 is 51.7 Å². The normalized spacial score (nSPS) is 10.1. The quantitative estimate of drug-likeness (QED) is 0.642. The molecule has 82 valence electrons. The van der Waals surface area contributed by atoms with Crippen LogP contribution in [0.3, 0.4) is 0 Å². The van der Waals surface area contributed by atoms with E-state index in [-0.39, 0.29) is 19.1 Å². The number of aliphatic hydroxyl groups excluding tert-OH is 1. The van der Waals surface area contributed by atoms with Crippen molar-refractivity contribution in [2.24, 2.45) is 0 Å². The molecule has 0 saturated carbocycles. The number of amides is 1. The fourth-order valence-electron chi connectivity index (χ4n) is 0.986. The fourth-order valence-corrected chi connectivity index (χ4v) is 2.04. The lowest BCUT2D eigenvalue weighted by Crippen LogP contribution is -2.27. The zero-order chi connectivity index (χ0) is 11.4. The molecule has 2 N–H and O–H groups in total. The highest BCUT2D eigenvalue weighted by Gasteiger charge is 2.13. The van der Waals surface area contributed by atoms with Crippen LogP contribution in [0.4, 0.5) is 0 Å². The molecule has 1 amide bonds. The first-order valence-corrected chi connectivity index (χ1v) is 5.93. The molecule has 0 spiro atoms. The summed E-state index contributed by atoms with van der Waals surface area (Å²) < 4.78 is 0.647. The molecule has 1 aromatic carbocycles. The Morgan fingerprint density at radius 1 is 1.47 bits per heavy atom. The van der Waals surface area contributed by atoms with Crippen molar-refractivity contribution < 1.29 is 9.90 Å². The molecule has 0 aliphatic carbocycles. The van der Waals surface area contributed by atoms with Crippen molar-refractivity contribution in [2.45, 2.75) is 0 Å². The molecule has 0 aliphatic heterocycles. The van der Waals surface area contributed by atoms with E-state index in [1.807, 2.05) is 22.6 Å². The largest absolute Gasteiger partial charge is 0.395 e. The first-order chi connectivity index (χ1) is 7.06. The second-order valence-corrected chi connectivity index (χ2v) is 4.65. The SMILES string of the molecule is O=C(NCCO)c1cc(Cl)cc(Cl)c1I. The third kappa shape index (κ3) is 3.48. The molecule has 0 unspecified atom stereocenters.